The summed E-state index contributed by atoms with van der Waals surface area (Å²) in [6, 6.07) is 1.91. The van der Waals surface area contributed by atoms with Crippen LogP contribution < -0.4 is 16.4 Å². The minimum atomic E-state index is 0.314. The van der Waals surface area contributed by atoms with Crippen molar-refractivity contribution in [3.8, 4) is 0 Å². The van der Waals surface area contributed by atoms with Crippen LogP contribution in [0.1, 0.15) is 33.1 Å². The van der Waals surface area contributed by atoms with E-state index >= 15 is 0 Å². The highest BCUT2D eigenvalue weighted by molar-refractivity contribution is 5.51. The maximum atomic E-state index is 5.68. The molecule has 5 heteroatoms. The Labute approximate surface area is 102 Å². The molecule has 1 heterocycles. The summed E-state index contributed by atoms with van der Waals surface area (Å²) in [7, 11) is 0. The van der Waals surface area contributed by atoms with E-state index in [4.69, 9.17) is 5.73 Å². The van der Waals surface area contributed by atoms with Gasteiger partial charge in [0.05, 0.1) is 0 Å². The maximum Gasteiger partial charge on any atom is 0.223 e. The SMILES string of the molecule is CCCNc1cc(NCC2(C)CC2)nc(N)n1. The van der Waals surface area contributed by atoms with Crippen LogP contribution in [0, 0.1) is 5.41 Å². The highest BCUT2D eigenvalue weighted by atomic mass is 15.1. The molecular formula is C12H21N5. The molecule has 0 radical (unpaired) electrons. The Morgan fingerprint density at radius 3 is 2.53 bits per heavy atom. The van der Waals surface area contributed by atoms with Crippen LogP contribution in [0.3, 0.4) is 0 Å². The molecule has 4 N–H and O–H groups in total. The van der Waals surface area contributed by atoms with Crippen molar-refractivity contribution in [3.05, 3.63) is 6.07 Å². The first-order chi connectivity index (χ1) is 8.11. The summed E-state index contributed by atoms with van der Waals surface area (Å²) >= 11 is 0. The minimum absolute atomic E-state index is 0.314. The Morgan fingerprint density at radius 1 is 1.29 bits per heavy atom. The van der Waals surface area contributed by atoms with Gasteiger partial charge in [-0.15, -0.1) is 0 Å². The van der Waals surface area contributed by atoms with Crippen molar-refractivity contribution in [1.29, 1.82) is 0 Å². The molecule has 0 amide bonds. The number of nitrogens with zero attached hydrogens (tertiary/aromatic N) is 2. The van der Waals surface area contributed by atoms with Crippen LogP contribution in [0.15, 0.2) is 6.07 Å². The van der Waals surface area contributed by atoms with E-state index in [1.807, 2.05) is 6.07 Å². The van der Waals surface area contributed by atoms with Crippen molar-refractivity contribution >= 4 is 17.6 Å². The first kappa shape index (κ1) is 12.0. The summed E-state index contributed by atoms with van der Waals surface area (Å²) < 4.78 is 0. The summed E-state index contributed by atoms with van der Waals surface area (Å²) in [4.78, 5) is 8.34. The van der Waals surface area contributed by atoms with Gasteiger partial charge in [0.25, 0.3) is 0 Å². The molecule has 1 aliphatic rings. The lowest BCUT2D eigenvalue weighted by Gasteiger charge is -2.12. The Bertz CT molecular complexity index is 386. The number of nitrogens with one attached hydrogen (secondary N) is 2. The molecule has 0 aromatic carbocycles. The second-order valence-corrected chi connectivity index (χ2v) is 5.09. The molecule has 2 rings (SSSR count). The zero-order valence-electron chi connectivity index (χ0n) is 10.6. The van der Waals surface area contributed by atoms with Gasteiger partial charge in [0.1, 0.15) is 11.6 Å². The van der Waals surface area contributed by atoms with Gasteiger partial charge in [0.2, 0.25) is 5.95 Å². The molecule has 0 bridgehead atoms. The number of hydrogen-bond donors (Lipinski definition) is 3. The van der Waals surface area contributed by atoms with Gasteiger partial charge in [-0.05, 0) is 24.7 Å². The van der Waals surface area contributed by atoms with E-state index < -0.39 is 0 Å². The van der Waals surface area contributed by atoms with Gasteiger partial charge in [-0.1, -0.05) is 13.8 Å². The maximum absolute atomic E-state index is 5.68. The fourth-order valence-electron chi connectivity index (χ4n) is 1.59. The summed E-state index contributed by atoms with van der Waals surface area (Å²) in [6.07, 6.45) is 3.65. The van der Waals surface area contributed by atoms with Crippen molar-refractivity contribution in [2.75, 3.05) is 29.5 Å². The Kier molecular flexibility index (Phi) is 3.36. The van der Waals surface area contributed by atoms with Gasteiger partial charge in [0.15, 0.2) is 0 Å². The fourth-order valence-corrected chi connectivity index (χ4v) is 1.59. The zero-order valence-corrected chi connectivity index (χ0v) is 10.6. The molecule has 0 unspecified atom stereocenters. The zero-order chi connectivity index (χ0) is 12.3. The molecule has 1 fully saturated rings. The summed E-state index contributed by atoms with van der Waals surface area (Å²) in [6.45, 7) is 6.25. The second kappa shape index (κ2) is 4.77. The number of hydrogen-bond acceptors (Lipinski definition) is 5. The van der Waals surface area contributed by atoms with E-state index in [0.717, 1.165) is 31.1 Å². The number of anilines is 3. The summed E-state index contributed by atoms with van der Waals surface area (Å²) in [5.74, 6) is 1.92. The van der Waals surface area contributed by atoms with Crippen LogP contribution in [0.4, 0.5) is 17.6 Å². The van der Waals surface area contributed by atoms with Gasteiger partial charge < -0.3 is 16.4 Å². The minimum Gasteiger partial charge on any atom is -0.370 e. The fraction of sp³-hybridized carbons (Fsp3) is 0.667. The van der Waals surface area contributed by atoms with Crippen molar-refractivity contribution in [2.45, 2.75) is 33.1 Å². The van der Waals surface area contributed by atoms with E-state index in [2.05, 4.69) is 34.4 Å². The van der Waals surface area contributed by atoms with E-state index in [1.165, 1.54) is 12.8 Å². The third-order valence-electron chi connectivity index (χ3n) is 3.10. The van der Waals surface area contributed by atoms with E-state index in [0.29, 0.717) is 11.4 Å². The van der Waals surface area contributed by atoms with Crippen molar-refractivity contribution in [3.63, 3.8) is 0 Å². The molecule has 0 saturated heterocycles. The Morgan fingerprint density at radius 2 is 1.94 bits per heavy atom. The monoisotopic (exact) mass is 235 g/mol. The number of nitrogen functional groups attached to an aromatic ring is 1. The van der Waals surface area contributed by atoms with Gasteiger partial charge in [-0.3, -0.25) is 0 Å². The van der Waals surface area contributed by atoms with E-state index in [1.54, 1.807) is 0 Å². The highest BCUT2D eigenvalue weighted by Gasteiger charge is 2.36. The molecule has 5 nitrogen and oxygen atoms in total. The van der Waals surface area contributed by atoms with Crippen molar-refractivity contribution < 1.29 is 0 Å². The average molecular weight is 235 g/mol. The molecule has 1 aromatic heterocycles. The van der Waals surface area contributed by atoms with E-state index in [-0.39, 0.29) is 0 Å². The van der Waals surface area contributed by atoms with Gasteiger partial charge in [-0.25, -0.2) is 0 Å². The van der Waals surface area contributed by atoms with Crippen LogP contribution in [0.5, 0.6) is 0 Å². The lowest BCUT2D eigenvalue weighted by atomic mass is 10.1. The first-order valence-corrected chi connectivity index (χ1v) is 6.24. The third kappa shape index (κ3) is 3.47. The molecule has 1 saturated carbocycles. The Balaban J connectivity index is 1.97. The van der Waals surface area contributed by atoms with Crippen molar-refractivity contribution in [1.82, 2.24) is 9.97 Å². The normalized spacial score (nSPS) is 16.6. The topological polar surface area (TPSA) is 75.9 Å². The molecule has 0 aliphatic heterocycles. The first-order valence-electron chi connectivity index (χ1n) is 6.24. The van der Waals surface area contributed by atoms with Crippen molar-refractivity contribution in [2.24, 2.45) is 5.41 Å². The Hall–Kier alpha value is -1.52. The predicted octanol–water partition coefficient (Wildman–Crippen LogP) is 2.09. The summed E-state index contributed by atoms with van der Waals surface area (Å²) in [5, 5.41) is 6.55. The standard InChI is InChI=1S/C12H21N5/c1-3-6-14-9-7-10(17-11(13)16-9)15-8-12(2)4-5-12/h7H,3-6,8H2,1-2H3,(H4,13,14,15,16,17). The molecule has 0 atom stereocenters. The number of aromatic nitrogens is 2. The van der Waals surface area contributed by atoms with Gasteiger partial charge in [0, 0.05) is 19.2 Å². The summed E-state index contributed by atoms with van der Waals surface area (Å²) in [5.41, 5.74) is 6.14. The van der Waals surface area contributed by atoms with Crippen LogP contribution in [-0.4, -0.2) is 23.1 Å². The van der Waals surface area contributed by atoms with Gasteiger partial charge in [-0.2, -0.15) is 9.97 Å². The quantitative estimate of drug-likeness (QED) is 0.704. The largest absolute Gasteiger partial charge is 0.370 e. The van der Waals surface area contributed by atoms with Crippen LogP contribution >= 0.6 is 0 Å². The van der Waals surface area contributed by atoms with Gasteiger partial charge >= 0.3 is 0 Å². The average Bonchev–Trinajstić information content (AvgIpc) is 3.02. The number of nitrogens with two attached hydrogens (primary N) is 1. The molecule has 17 heavy (non-hydrogen) atoms. The lowest BCUT2D eigenvalue weighted by Crippen LogP contribution is -2.14. The number of rotatable bonds is 6. The highest BCUT2D eigenvalue weighted by Crippen LogP contribution is 2.44. The smallest absolute Gasteiger partial charge is 0.223 e. The molecule has 0 spiro atoms. The van der Waals surface area contributed by atoms with Crippen LogP contribution in [0.25, 0.3) is 0 Å². The van der Waals surface area contributed by atoms with Crippen LogP contribution in [-0.2, 0) is 0 Å². The third-order valence-corrected chi connectivity index (χ3v) is 3.10. The molecule has 1 aromatic rings. The molecule has 1 aliphatic carbocycles. The predicted molar refractivity (Wildman–Crippen MR) is 71.1 cm³/mol. The molecule has 94 valence electrons. The van der Waals surface area contributed by atoms with E-state index in [9.17, 15) is 0 Å². The second-order valence-electron chi connectivity index (χ2n) is 5.09. The lowest BCUT2D eigenvalue weighted by molar-refractivity contribution is 0.609. The molecular weight excluding hydrogens is 214 g/mol. The van der Waals surface area contributed by atoms with Crippen LogP contribution in [0.2, 0.25) is 0 Å².